The van der Waals surface area contributed by atoms with Crippen LogP contribution in [0.15, 0.2) is 48.8 Å². The van der Waals surface area contributed by atoms with E-state index in [4.69, 9.17) is 0 Å². The summed E-state index contributed by atoms with van der Waals surface area (Å²) in [6.45, 7) is 4.05. The Morgan fingerprint density at radius 3 is 2.65 bits per heavy atom. The third kappa shape index (κ3) is 2.92. The molecule has 0 saturated carbocycles. The summed E-state index contributed by atoms with van der Waals surface area (Å²) in [6.07, 6.45) is 3.57. The van der Waals surface area contributed by atoms with E-state index in [2.05, 4.69) is 15.1 Å². The average molecular weight is 309 g/mol. The maximum absolute atomic E-state index is 12.6. The summed E-state index contributed by atoms with van der Waals surface area (Å²) in [7, 11) is 1.81. The first-order valence-electron chi connectivity index (χ1n) is 7.47. The molecule has 0 radical (unpaired) electrons. The Labute approximate surface area is 134 Å². The van der Waals surface area contributed by atoms with Gasteiger partial charge in [0.15, 0.2) is 5.82 Å². The molecule has 0 bridgehead atoms. The van der Waals surface area contributed by atoms with Crippen molar-refractivity contribution in [3.05, 3.63) is 60.2 Å². The second kappa shape index (κ2) is 5.79. The second-order valence-electron chi connectivity index (χ2n) is 5.95. The number of nitrogens with zero attached hydrogens (tertiary/aromatic N) is 5. The molecule has 1 amide bonds. The lowest BCUT2D eigenvalue weighted by Crippen LogP contribution is -2.43. The fourth-order valence-electron chi connectivity index (χ4n) is 2.46. The molecule has 0 fully saturated rings. The van der Waals surface area contributed by atoms with Crippen LogP contribution in [0.25, 0.3) is 5.78 Å². The molecule has 0 N–H and O–H groups in total. The van der Waals surface area contributed by atoms with E-state index in [-0.39, 0.29) is 12.3 Å². The van der Waals surface area contributed by atoms with E-state index in [0.717, 1.165) is 5.56 Å². The molecule has 2 heterocycles. The smallest absolute Gasteiger partial charge is 0.252 e. The molecule has 0 atom stereocenters. The zero-order valence-corrected chi connectivity index (χ0v) is 13.5. The van der Waals surface area contributed by atoms with Gasteiger partial charge < -0.3 is 4.90 Å². The largest absolute Gasteiger partial charge is 0.336 e. The maximum Gasteiger partial charge on any atom is 0.252 e. The number of carbonyl (C=O) groups is 1. The molecule has 0 unspecified atom stereocenters. The van der Waals surface area contributed by atoms with Gasteiger partial charge in [-0.05, 0) is 25.5 Å². The lowest BCUT2D eigenvalue weighted by Gasteiger charge is -2.36. The number of rotatable bonds is 4. The molecule has 0 saturated heterocycles. The Balaban J connectivity index is 1.79. The van der Waals surface area contributed by atoms with Gasteiger partial charge >= 0.3 is 0 Å². The average Bonchev–Trinajstić information content (AvgIpc) is 2.97. The highest BCUT2D eigenvalue weighted by Crippen LogP contribution is 2.26. The third-order valence-electron chi connectivity index (χ3n) is 4.16. The Kier molecular flexibility index (Phi) is 3.82. The molecule has 3 aromatic rings. The molecule has 0 aliphatic rings. The van der Waals surface area contributed by atoms with Gasteiger partial charge in [0.2, 0.25) is 5.91 Å². The first-order chi connectivity index (χ1) is 11.0. The van der Waals surface area contributed by atoms with Crippen LogP contribution in [0, 0.1) is 0 Å². The number of amides is 1. The van der Waals surface area contributed by atoms with Crippen molar-refractivity contribution in [2.24, 2.45) is 0 Å². The van der Waals surface area contributed by atoms with Gasteiger partial charge in [0, 0.05) is 19.4 Å². The van der Waals surface area contributed by atoms with E-state index < -0.39 is 5.54 Å². The molecule has 0 aliphatic heterocycles. The molecule has 0 aliphatic carbocycles. The molecule has 0 spiro atoms. The van der Waals surface area contributed by atoms with Crippen LogP contribution in [0.5, 0.6) is 0 Å². The van der Waals surface area contributed by atoms with Crippen molar-refractivity contribution in [2.45, 2.75) is 25.8 Å². The van der Waals surface area contributed by atoms with Crippen LogP contribution in [0.1, 0.15) is 25.2 Å². The first-order valence-corrected chi connectivity index (χ1v) is 7.47. The molecular weight excluding hydrogens is 290 g/mol. The molecule has 118 valence electrons. The molecule has 23 heavy (non-hydrogen) atoms. The molecule has 2 aromatic heterocycles. The summed E-state index contributed by atoms with van der Waals surface area (Å²) >= 11 is 0. The number of hydrogen-bond donors (Lipinski definition) is 0. The SMILES string of the molecule is CN(C(=O)Cc1nc2ncccn2n1)C(C)(C)c1ccccc1. The standard InChI is InChI=1S/C17H19N5O/c1-17(2,13-8-5-4-6-9-13)21(3)15(23)12-14-19-16-18-10-7-11-22(16)20-14/h4-11H,12H2,1-3H3. The van der Waals surface area contributed by atoms with Gasteiger partial charge in [0.05, 0.1) is 12.0 Å². The summed E-state index contributed by atoms with van der Waals surface area (Å²) in [5.41, 5.74) is 0.677. The Bertz CT molecular complexity index is 792. The highest BCUT2D eigenvalue weighted by molar-refractivity contribution is 5.78. The zero-order valence-electron chi connectivity index (χ0n) is 13.5. The summed E-state index contributed by atoms with van der Waals surface area (Å²) in [4.78, 5) is 22.8. The zero-order chi connectivity index (χ0) is 16.4. The van der Waals surface area contributed by atoms with Gasteiger partial charge in [-0.15, -0.1) is 5.10 Å². The Morgan fingerprint density at radius 2 is 1.96 bits per heavy atom. The van der Waals surface area contributed by atoms with E-state index in [9.17, 15) is 4.79 Å². The van der Waals surface area contributed by atoms with Crippen molar-refractivity contribution in [1.29, 1.82) is 0 Å². The number of benzene rings is 1. The lowest BCUT2D eigenvalue weighted by molar-refractivity contribution is -0.134. The van der Waals surface area contributed by atoms with Crippen LogP contribution in [-0.2, 0) is 16.8 Å². The fraction of sp³-hybridized carbons (Fsp3) is 0.294. The normalized spacial score (nSPS) is 11.6. The lowest BCUT2D eigenvalue weighted by atomic mass is 9.92. The molecule has 6 heteroatoms. The molecule has 3 rings (SSSR count). The monoisotopic (exact) mass is 309 g/mol. The highest BCUT2D eigenvalue weighted by Gasteiger charge is 2.29. The number of likely N-dealkylation sites (N-methyl/N-ethyl adjacent to an activating group) is 1. The highest BCUT2D eigenvalue weighted by atomic mass is 16.2. The number of hydrogen-bond acceptors (Lipinski definition) is 4. The summed E-state index contributed by atoms with van der Waals surface area (Å²) in [6, 6.07) is 11.7. The minimum Gasteiger partial charge on any atom is -0.336 e. The molecule has 1 aromatic carbocycles. The van der Waals surface area contributed by atoms with Gasteiger partial charge in [-0.1, -0.05) is 30.3 Å². The van der Waals surface area contributed by atoms with Crippen LogP contribution in [0.3, 0.4) is 0 Å². The topological polar surface area (TPSA) is 63.4 Å². The van der Waals surface area contributed by atoms with Crippen LogP contribution in [0.2, 0.25) is 0 Å². The van der Waals surface area contributed by atoms with Gasteiger partial charge in [0.1, 0.15) is 0 Å². The van der Waals surface area contributed by atoms with Gasteiger partial charge in [-0.3, -0.25) is 4.79 Å². The minimum absolute atomic E-state index is 0.0326. The van der Waals surface area contributed by atoms with E-state index >= 15 is 0 Å². The quantitative estimate of drug-likeness (QED) is 0.740. The Morgan fingerprint density at radius 1 is 1.22 bits per heavy atom. The molecule has 6 nitrogen and oxygen atoms in total. The van der Waals surface area contributed by atoms with Gasteiger partial charge in [-0.2, -0.15) is 4.98 Å². The molecular formula is C17H19N5O. The number of fused-ring (bicyclic) bond motifs is 1. The van der Waals surface area contributed by atoms with Gasteiger partial charge in [0.25, 0.3) is 5.78 Å². The van der Waals surface area contributed by atoms with E-state index in [0.29, 0.717) is 11.6 Å². The van der Waals surface area contributed by atoms with E-state index in [1.54, 1.807) is 27.9 Å². The van der Waals surface area contributed by atoms with Crippen molar-refractivity contribution in [1.82, 2.24) is 24.5 Å². The van der Waals surface area contributed by atoms with Crippen molar-refractivity contribution < 1.29 is 4.79 Å². The van der Waals surface area contributed by atoms with Crippen LogP contribution in [-0.4, -0.2) is 37.4 Å². The van der Waals surface area contributed by atoms with Crippen LogP contribution < -0.4 is 0 Å². The third-order valence-corrected chi connectivity index (χ3v) is 4.16. The van der Waals surface area contributed by atoms with Crippen molar-refractivity contribution >= 4 is 11.7 Å². The Hall–Kier alpha value is -2.76. The maximum atomic E-state index is 12.6. The summed E-state index contributed by atoms with van der Waals surface area (Å²) in [5.74, 6) is 0.944. The predicted octanol–water partition coefficient (Wildman–Crippen LogP) is 2.06. The number of aromatic nitrogens is 4. The van der Waals surface area contributed by atoms with E-state index in [1.807, 2.05) is 51.2 Å². The fourth-order valence-corrected chi connectivity index (χ4v) is 2.46. The van der Waals surface area contributed by atoms with Crippen molar-refractivity contribution in [3.63, 3.8) is 0 Å². The minimum atomic E-state index is -0.407. The second-order valence-corrected chi connectivity index (χ2v) is 5.95. The van der Waals surface area contributed by atoms with E-state index in [1.165, 1.54) is 0 Å². The number of carbonyl (C=O) groups excluding carboxylic acids is 1. The summed E-state index contributed by atoms with van der Waals surface area (Å²) in [5, 5.41) is 4.29. The van der Waals surface area contributed by atoms with Crippen molar-refractivity contribution in [2.75, 3.05) is 7.05 Å². The van der Waals surface area contributed by atoms with Crippen molar-refractivity contribution in [3.8, 4) is 0 Å². The first kappa shape index (κ1) is 15.1. The predicted molar refractivity (Wildman–Crippen MR) is 86.7 cm³/mol. The van der Waals surface area contributed by atoms with Crippen LogP contribution in [0.4, 0.5) is 0 Å². The van der Waals surface area contributed by atoms with Gasteiger partial charge in [-0.25, -0.2) is 9.50 Å². The van der Waals surface area contributed by atoms with Crippen LogP contribution >= 0.6 is 0 Å². The summed E-state index contributed by atoms with van der Waals surface area (Å²) < 4.78 is 1.57.